The number of amides is 2. The zero-order valence-electron chi connectivity index (χ0n) is 13.9. The number of hydrogen-bond acceptors (Lipinski definition) is 4. The molecule has 0 saturated carbocycles. The van der Waals surface area contributed by atoms with Crippen LogP contribution in [0.25, 0.3) is 0 Å². The summed E-state index contributed by atoms with van der Waals surface area (Å²) in [6.45, 7) is 5.68. The quantitative estimate of drug-likeness (QED) is 0.472. The second-order valence-corrected chi connectivity index (χ2v) is 6.82. The Morgan fingerprint density at radius 3 is 2.32 bits per heavy atom. The molecule has 25 heavy (non-hydrogen) atoms. The molecule has 0 N–H and O–H groups in total. The fraction of sp³-hybridized carbons (Fsp3) is 0.222. The molecule has 7 heteroatoms. The lowest BCUT2D eigenvalue weighted by Gasteiger charge is -2.21. The fourth-order valence-corrected chi connectivity index (χ4v) is 2.79. The smallest absolute Gasteiger partial charge is 0.268 e. The van der Waals surface area contributed by atoms with E-state index >= 15 is 0 Å². The summed E-state index contributed by atoms with van der Waals surface area (Å²) < 4.78 is 13.9. The van der Waals surface area contributed by atoms with Crippen molar-refractivity contribution in [2.24, 2.45) is 0 Å². The van der Waals surface area contributed by atoms with E-state index in [2.05, 4.69) is 0 Å². The number of benzene rings is 2. The molecule has 1 aliphatic rings. The molecule has 0 atom stereocenters. The molecule has 0 unspecified atom stereocenters. The Hall–Kier alpha value is -3.09. The third kappa shape index (κ3) is 2.57. The van der Waals surface area contributed by atoms with Crippen LogP contribution in [0.1, 0.15) is 47.1 Å². The standard InChI is InChI=1S/C18H15FN2O4/c1-18(2,3)10-7-8-13(14(9-10)21(24)25)20-16(22)11-5-4-6-12(19)15(11)17(20)23/h4-9H,1-3H3. The van der Waals surface area contributed by atoms with Crippen LogP contribution in [-0.2, 0) is 5.41 Å². The Morgan fingerprint density at radius 2 is 1.76 bits per heavy atom. The van der Waals surface area contributed by atoms with Crippen LogP contribution < -0.4 is 4.90 Å². The van der Waals surface area contributed by atoms with E-state index in [1.54, 1.807) is 6.07 Å². The van der Waals surface area contributed by atoms with E-state index in [4.69, 9.17) is 0 Å². The van der Waals surface area contributed by atoms with Crippen molar-refractivity contribution >= 4 is 23.2 Å². The van der Waals surface area contributed by atoms with E-state index in [9.17, 15) is 24.1 Å². The molecule has 3 rings (SSSR count). The summed E-state index contributed by atoms with van der Waals surface area (Å²) in [7, 11) is 0. The number of hydrogen-bond donors (Lipinski definition) is 0. The topological polar surface area (TPSA) is 80.5 Å². The monoisotopic (exact) mass is 342 g/mol. The minimum atomic E-state index is -0.898. The molecular formula is C18H15FN2O4. The van der Waals surface area contributed by atoms with Crippen molar-refractivity contribution in [3.8, 4) is 0 Å². The van der Waals surface area contributed by atoms with Crippen molar-refractivity contribution in [1.29, 1.82) is 0 Å². The molecule has 1 heterocycles. The number of carbonyl (C=O) groups is 2. The van der Waals surface area contributed by atoms with Crippen molar-refractivity contribution in [1.82, 2.24) is 0 Å². The molecule has 2 aromatic carbocycles. The third-order valence-corrected chi connectivity index (χ3v) is 4.14. The molecule has 0 saturated heterocycles. The summed E-state index contributed by atoms with van der Waals surface area (Å²) in [5.41, 5.74) is -0.658. The van der Waals surface area contributed by atoms with Gasteiger partial charge >= 0.3 is 0 Å². The summed E-state index contributed by atoms with van der Waals surface area (Å²) in [5.74, 6) is -2.50. The van der Waals surface area contributed by atoms with E-state index in [1.807, 2.05) is 20.8 Å². The molecule has 0 radical (unpaired) electrons. The Balaban J connectivity index is 2.18. The van der Waals surface area contributed by atoms with Crippen molar-refractivity contribution in [3.05, 3.63) is 69.0 Å². The first-order valence-electron chi connectivity index (χ1n) is 7.59. The van der Waals surface area contributed by atoms with E-state index in [0.717, 1.165) is 6.07 Å². The van der Waals surface area contributed by atoms with Gasteiger partial charge in [-0.3, -0.25) is 19.7 Å². The van der Waals surface area contributed by atoms with Gasteiger partial charge in [0, 0.05) is 6.07 Å². The highest BCUT2D eigenvalue weighted by molar-refractivity contribution is 6.35. The fourth-order valence-electron chi connectivity index (χ4n) is 2.79. The Kier molecular flexibility index (Phi) is 3.67. The van der Waals surface area contributed by atoms with Crippen molar-refractivity contribution in [2.45, 2.75) is 26.2 Å². The number of halogens is 1. The molecule has 1 aliphatic heterocycles. The SMILES string of the molecule is CC(C)(C)c1ccc(N2C(=O)c3cccc(F)c3C2=O)c([N+](=O)[O-])c1. The molecule has 0 aliphatic carbocycles. The van der Waals surface area contributed by atoms with Crippen molar-refractivity contribution in [2.75, 3.05) is 4.90 Å². The number of nitro benzene ring substituents is 1. The molecule has 128 valence electrons. The molecule has 0 fully saturated rings. The number of imide groups is 1. The highest BCUT2D eigenvalue weighted by Crippen LogP contribution is 2.38. The first kappa shape index (κ1) is 16.8. The average molecular weight is 342 g/mol. The van der Waals surface area contributed by atoms with Gasteiger partial charge in [0.25, 0.3) is 17.5 Å². The summed E-state index contributed by atoms with van der Waals surface area (Å²) in [5, 5.41) is 11.5. The molecule has 0 bridgehead atoms. The molecule has 2 amide bonds. The van der Waals surface area contributed by atoms with Crippen LogP contribution in [0.2, 0.25) is 0 Å². The maximum absolute atomic E-state index is 13.9. The van der Waals surface area contributed by atoms with Gasteiger partial charge in [-0.25, -0.2) is 9.29 Å². The van der Waals surface area contributed by atoms with E-state index in [0.29, 0.717) is 10.5 Å². The van der Waals surface area contributed by atoms with Gasteiger partial charge in [0.05, 0.1) is 16.1 Å². The zero-order chi connectivity index (χ0) is 18.5. The number of carbonyl (C=O) groups excluding carboxylic acids is 2. The predicted molar refractivity (Wildman–Crippen MR) is 89.3 cm³/mol. The van der Waals surface area contributed by atoms with E-state index < -0.39 is 22.6 Å². The van der Waals surface area contributed by atoms with Gasteiger partial charge in [0.2, 0.25) is 0 Å². The Morgan fingerprint density at radius 1 is 1.08 bits per heavy atom. The predicted octanol–water partition coefficient (Wildman–Crippen LogP) is 3.83. The van der Waals surface area contributed by atoms with Gasteiger partial charge in [-0.05, 0) is 29.2 Å². The lowest BCUT2D eigenvalue weighted by molar-refractivity contribution is -0.384. The molecule has 2 aromatic rings. The maximum atomic E-state index is 13.9. The molecule has 0 aromatic heterocycles. The second-order valence-electron chi connectivity index (χ2n) is 6.82. The number of nitro groups is 1. The van der Waals surface area contributed by atoms with Gasteiger partial charge in [0.15, 0.2) is 0 Å². The van der Waals surface area contributed by atoms with Gasteiger partial charge in [0.1, 0.15) is 11.5 Å². The van der Waals surface area contributed by atoms with Gasteiger partial charge in [-0.1, -0.05) is 32.9 Å². The summed E-state index contributed by atoms with van der Waals surface area (Å²) >= 11 is 0. The lowest BCUT2D eigenvalue weighted by atomic mass is 9.86. The van der Waals surface area contributed by atoms with Crippen LogP contribution in [0.3, 0.4) is 0 Å². The Bertz CT molecular complexity index is 931. The molecular weight excluding hydrogens is 327 g/mol. The second kappa shape index (κ2) is 5.47. The van der Waals surface area contributed by atoms with E-state index in [-0.39, 0.29) is 27.9 Å². The van der Waals surface area contributed by atoms with Crippen LogP contribution in [0.5, 0.6) is 0 Å². The lowest BCUT2D eigenvalue weighted by Crippen LogP contribution is -2.30. The van der Waals surface area contributed by atoms with Crippen molar-refractivity contribution in [3.63, 3.8) is 0 Å². The maximum Gasteiger partial charge on any atom is 0.293 e. The highest BCUT2D eigenvalue weighted by atomic mass is 19.1. The molecule has 0 spiro atoms. The zero-order valence-corrected chi connectivity index (χ0v) is 13.9. The minimum Gasteiger partial charge on any atom is -0.268 e. The van der Waals surface area contributed by atoms with Gasteiger partial charge in [-0.2, -0.15) is 0 Å². The van der Waals surface area contributed by atoms with Crippen LogP contribution >= 0.6 is 0 Å². The number of anilines is 1. The minimum absolute atomic E-state index is 0.0980. The summed E-state index contributed by atoms with van der Waals surface area (Å²) in [6.07, 6.45) is 0. The normalized spacial score (nSPS) is 14.0. The van der Waals surface area contributed by atoms with Crippen LogP contribution in [0.4, 0.5) is 15.8 Å². The first-order valence-corrected chi connectivity index (χ1v) is 7.59. The van der Waals surface area contributed by atoms with Gasteiger partial charge in [-0.15, -0.1) is 0 Å². The van der Waals surface area contributed by atoms with Crippen molar-refractivity contribution < 1.29 is 18.9 Å². The van der Waals surface area contributed by atoms with Crippen LogP contribution in [0, 0.1) is 15.9 Å². The highest BCUT2D eigenvalue weighted by Gasteiger charge is 2.41. The molecule has 6 nitrogen and oxygen atoms in total. The summed E-state index contributed by atoms with van der Waals surface area (Å²) in [6, 6.07) is 8.05. The third-order valence-electron chi connectivity index (χ3n) is 4.14. The number of fused-ring (bicyclic) bond motifs is 1. The number of nitrogens with zero attached hydrogens (tertiary/aromatic N) is 2. The van der Waals surface area contributed by atoms with Crippen LogP contribution in [-0.4, -0.2) is 16.7 Å². The Labute approximate surface area is 143 Å². The van der Waals surface area contributed by atoms with E-state index in [1.165, 1.54) is 24.3 Å². The largest absolute Gasteiger partial charge is 0.293 e. The van der Waals surface area contributed by atoms with Crippen LogP contribution in [0.15, 0.2) is 36.4 Å². The number of rotatable bonds is 2. The first-order chi connectivity index (χ1) is 11.6. The van der Waals surface area contributed by atoms with Gasteiger partial charge < -0.3 is 0 Å². The average Bonchev–Trinajstić information content (AvgIpc) is 2.78. The summed E-state index contributed by atoms with van der Waals surface area (Å²) in [4.78, 5) is 36.6.